The number of fused-ring (bicyclic) bond motifs is 8. The van der Waals surface area contributed by atoms with Gasteiger partial charge in [0.05, 0.1) is 23.7 Å². The first-order valence-electron chi connectivity index (χ1n) is 17.2. The summed E-state index contributed by atoms with van der Waals surface area (Å²) in [5.41, 5.74) is -1.21. The van der Waals surface area contributed by atoms with Gasteiger partial charge in [-0.3, -0.25) is 19.2 Å². The average Bonchev–Trinajstić information content (AvgIpc) is 3.90. The lowest BCUT2D eigenvalue weighted by Crippen LogP contribution is -2.46. The van der Waals surface area contributed by atoms with E-state index in [9.17, 15) is 19.2 Å². The highest BCUT2D eigenvalue weighted by molar-refractivity contribution is 5.76. The van der Waals surface area contributed by atoms with E-state index >= 15 is 0 Å². The van der Waals surface area contributed by atoms with E-state index < -0.39 is 5.41 Å². The maximum atomic E-state index is 13.4. The number of esters is 4. The van der Waals surface area contributed by atoms with Crippen molar-refractivity contribution in [1.82, 2.24) is 0 Å². The van der Waals surface area contributed by atoms with Gasteiger partial charge in [-0.2, -0.15) is 0 Å². The van der Waals surface area contributed by atoms with Crippen molar-refractivity contribution in [2.75, 3.05) is 26.4 Å². The molecule has 45 heavy (non-hydrogen) atoms. The molecule has 0 N–H and O–H groups in total. The van der Waals surface area contributed by atoms with Crippen LogP contribution in [0.2, 0.25) is 0 Å². The monoisotopic (exact) mass is 616 g/mol. The van der Waals surface area contributed by atoms with Crippen molar-refractivity contribution >= 4 is 23.9 Å². The summed E-state index contributed by atoms with van der Waals surface area (Å²) in [5, 5.41) is 0. The molecule has 0 spiro atoms. The number of ether oxygens (including phenoxy) is 4. The summed E-state index contributed by atoms with van der Waals surface area (Å²) in [5.74, 6) is 0.271. The van der Waals surface area contributed by atoms with Gasteiger partial charge in [0.15, 0.2) is 0 Å². The van der Waals surface area contributed by atoms with Crippen LogP contribution in [0.25, 0.3) is 0 Å². The summed E-state index contributed by atoms with van der Waals surface area (Å²) < 4.78 is 23.9. The fourth-order valence-corrected chi connectivity index (χ4v) is 9.78. The Morgan fingerprint density at radius 2 is 0.644 bits per heavy atom. The molecular weight excluding hydrogens is 572 g/mol. The zero-order chi connectivity index (χ0) is 30.7. The van der Waals surface area contributed by atoms with Crippen LogP contribution in [-0.4, -0.2) is 50.3 Å². The molecule has 8 bridgehead atoms. The summed E-state index contributed by atoms with van der Waals surface area (Å²) in [4.78, 5) is 53.5. The summed E-state index contributed by atoms with van der Waals surface area (Å²) in [6.45, 7) is -0.662. The van der Waals surface area contributed by atoms with Crippen LogP contribution in [0.15, 0.2) is 48.6 Å². The molecule has 8 aliphatic rings. The van der Waals surface area contributed by atoms with Gasteiger partial charge in [0.2, 0.25) is 0 Å². The third kappa shape index (κ3) is 5.61. The molecular formula is C37H44O8. The van der Waals surface area contributed by atoms with Crippen molar-refractivity contribution < 1.29 is 38.1 Å². The van der Waals surface area contributed by atoms with E-state index in [4.69, 9.17) is 18.9 Å². The number of carbonyl (C=O) groups excluding carboxylic acids is 4. The Morgan fingerprint density at radius 1 is 0.400 bits per heavy atom. The molecule has 0 aromatic rings. The van der Waals surface area contributed by atoms with Crippen LogP contribution in [0.1, 0.15) is 51.4 Å². The zero-order valence-electron chi connectivity index (χ0n) is 25.8. The van der Waals surface area contributed by atoms with Gasteiger partial charge in [-0.25, -0.2) is 0 Å². The number of hydrogen-bond donors (Lipinski definition) is 0. The molecule has 4 saturated carbocycles. The second kappa shape index (κ2) is 11.6. The quantitative estimate of drug-likeness (QED) is 0.172. The summed E-state index contributed by atoms with van der Waals surface area (Å²) in [7, 11) is 0. The average molecular weight is 617 g/mol. The first-order chi connectivity index (χ1) is 21.8. The zero-order valence-corrected chi connectivity index (χ0v) is 25.8. The van der Waals surface area contributed by atoms with Crippen LogP contribution in [0, 0.1) is 76.4 Å². The third-order valence-corrected chi connectivity index (χ3v) is 12.4. The molecule has 12 atom stereocenters. The van der Waals surface area contributed by atoms with Crippen LogP contribution in [-0.2, 0) is 38.1 Å². The molecule has 0 radical (unpaired) electrons. The Labute approximate surface area is 264 Å². The normalized spacial score (nSPS) is 41.6. The van der Waals surface area contributed by atoms with Crippen molar-refractivity contribution in [3.63, 3.8) is 0 Å². The summed E-state index contributed by atoms with van der Waals surface area (Å²) >= 11 is 0. The molecule has 11 unspecified atom stereocenters. The number of carbonyl (C=O) groups is 4. The predicted octanol–water partition coefficient (Wildman–Crippen LogP) is 4.99. The highest BCUT2D eigenvalue weighted by Gasteiger charge is 2.48. The fourth-order valence-electron chi connectivity index (χ4n) is 9.78. The van der Waals surface area contributed by atoms with Gasteiger partial charge < -0.3 is 18.9 Å². The molecule has 8 aliphatic carbocycles. The summed E-state index contributed by atoms with van der Waals surface area (Å²) in [6.07, 6.45) is 24.1. The van der Waals surface area contributed by atoms with Crippen molar-refractivity contribution in [3.05, 3.63) is 48.6 Å². The van der Waals surface area contributed by atoms with Crippen molar-refractivity contribution in [2.24, 2.45) is 76.4 Å². The number of hydrogen-bond acceptors (Lipinski definition) is 8. The first kappa shape index (κ1) is 29.3. The lowest BCUT2D eigenvalue weighted by atomic mass is 9.89. The van der Waals surface area contributed by atoms with E-state index in [0.29, 0.717) is 23.7 Å². The van der Waals surface area contributed by atoms with Gasteiger partial charge >= 0.3 is 23.9 Å². The Bertz CT molecular complexity index is 1150. The second-order valence-electron chi connectivity index (χ2n) is 15.5. The lowest BCUT2D eigenvalue weighted by molar-refractivity contribution is -0.177. The van der Waals surface area contributed by atoms with E-state index in [-0.39, 0.29) is 97.6 Å². The molecule has 0 saturated heterocycles. The molecule has 8 heteroatoms. The molecule has 8 rings (SSSR count). The van der Waals surface area contributed by atoms with Crippen LogP contribution < -0.4 is 0 Å². The predicted molar refractivity (Wildman–Crippen MR) is 162 cm³/mol. The molecule has 8 nitrogen and oxygen atoms in total. The maximum absolute atomic E-state index is 13.4. The lowest BCUT2D eigenvalue weighted by Gasteiger charge is -2.34. The minimum atomic E-state index is -1.21. The molecule has 240 valence electrons. The van der Waals surface area contributed by atoms with Crippen molar-refractivity contribution in [3.8, 4) is 0 Å². The topological polar surface area (TPSA) is 105 Å². The molecule has 4 fully saturated rings. The van der Waals surface area contributed by atoms with Crippen molar-refractivity contribution in [2.45, 2.75) is 51.4 Å². The van der Waals surface area contributed by atoms with Crippen LogP contribution in [0.5, 0.6) is 0 Å². The van der Waals surface area contributed by atoms with Crippen LogP contribution in [0.3, 0.4) is 0 Å². The Hall–Kier alpha value is -3.16. The number of allylic oxidation sites excluding steroid dienone is 8. The molecule has 0 aromatic heterocycles. The van der Waals surface area contributed by atoms with E-state index in [1.165, 1.54) is 0 Å². The number of rotatable bonds is 12. The van der Waals surface area contributed by atoms with E-state index in [2.05, 4.69) is 48.6 Å². The standard InChI is InChI=1S/C37H44O8/c38-33(29-13-21-1-5-25(29)9-21)42-17-37(18-43-34(39)30-14-22-2-6-26(30)10-22,19-44-35(40)31-15-23-3-7-27(31)11-23)20-45-36(41)32-16-24-4-8-28(32)12-24/h1-8,21-32H,9-20H2/t21?,22?,23?,24?,25?,26?,27?,28?,29-,30?,31?,32?,37?/m0/s1. The van der Waals surface area contributed by atoms with Gasteiger partial charge in [-0.05, 0) is 98.7 Å². The van der Waals surface area contributed by atoms with E-state index in [1.807, 2.05) is 0 Å². The van der Waals surface area contributed by atoms with Gasteiger partial charge in [0.25, 0.3) is 0 Å². The maximum Gasteiger partial charge on any atom is 0.309 e. The Balaban J connectivity index is 0.998. The van der Waals surface area contributed by atoms with Gasteiger partial charge in [-0.1, -0.05) is 48.6 Å². The minimum absolute atomic E-state index is 0.166. The highest BCUT2D eigenvalue weighted by Crippen LogP contribution is 2.47. The first-order valence-corrected chi connectivity index (χ1v) is 17.2. The SMILES string of the molecule is O=C(OCC(COC(=O)C1CC2C=CC1C2)(COC(=O)C1CC2C=CC1C2)COC(=O)[C@H]1CC2C=CC1C2)C1CC2C=CC1C2. The second-order valence-corrected chi connectivity index (χ2v) is 15.5. The van der Waals surface area contributed by atoms with Gasteiger partial charge in [0.1, 0.15) is 31.8 Å². The summed E-state index contributed by atoms with van der Waals surface area (Å²) in [6, 6.07) is 0. The molecule has 0 aromatic carbocycles. The third-order valence-electron chi connectivity index (χ3n) is 12.4. The largest absolute Gasteiger partial charge is 0.464 e. The molecule has 0 amide bonds. The highest BCUT2D eigenvalue weighted by atomic mass is 16.6. The minimum Gasteiger partial charge on any atom is -0.464 e. The van der Waals surface area contributed by atoms with E-state index in [0.717, 1.165) is 51.4 Å². The fraction of sp³-hybridized carbons (Fsp3) is 0.676. The Morgan fingerprint density at radius 3 is 0.822 bits per heavy atom. The van der Waals surface area contributed by atoms with Crippen molar-refractivity contribution in [1.29, 1.82) is 0 Å². The molecule has 0 heterocycles. The molecule has 0 aliphatic heterocycles. The van der Waals surface area contributed by atoms with Gasteiger partial charge in [-0.15, -0.1) is 0 Å². The van der Waals surface area contributed by atoms with Gasteiger partial charge in [0, 0.05) is 0 Å². The smallest absolute Gasteiger partial charge is 0.309 e. The van der Waals surface area contributed by atoms with E-state index in [1.54, 1.807) is 0 Å². The van der Waals surface area contributed by atoms with Crippen LogP contribution in [0.4, 0.5) is 0 Å². The van der Waals surface area contributed by atoms with Crippen LogP contribution >= 0.6 is 0 Å². The Kier molecular flexibility index (Phi) is 7.52.